The van der Waals surface area contributed by atoms with Gasteiger partial charge in [-0.2, -0.15) is 0 Å². The molecule has 1 N–H and O–H groups in total. The quantitative estimate of drug-likeness (QED) is 0.632. The van der Waals surface area contributed by atoms with Crippen LogP contribution in [0.1, 0.15) is 24.2 Å². The second-order valence-corrected chi connectivity index (χ2v) is 6.35. The number of amides is 1. The van der Waals surface area contributed by atoms with Crippen LogP contribution in [-0.4, -0.2) is 30.1 Å². The molecule has 0 saturated heterocycles. The highest BCUT2D eigenvalue weighted by Crippen LogP contribution is 2.35. The fourth-order valence-corrected chi connectivity index (χ4v) is 3.05. The normalized spacial score (nSPS) is 10.8. The number of hydrogen-bond acceptors (Lipinski definition) is 2. The van der Waals surface area contributed by atoms with Crippen molar-refractivity contribution in [1.82, 2.24) is 10.2 Å². The highest BCUT2D eigenvalue weighted by atomic mass is 31.1. The maximum Gasteiger partial charge on any atom is 0.265 e. The number of hydrogen-bond donors (Lipinski definition) is 1. The number of nitrogens with zero attached hydrogens (tertiary/aromatic N) is 1. The second kappa shape index (κ2) is 6.62. The molecule has 0 aliphatic heterocycles. The van der Waals surface area contributed by atoms with Gasteiger partial charge in [-0.15, -0.1) is 0 Å². The molecule has 0 saturated carbocycles. The number of carbonyl (C=O) groups excluding carboxylic acids is 1. The lowest BCUT2D eigenvalue weighted by molar-refractivity contribution is 0.0897. The van der Waals surface area contributed by atoms with E-state index in [9.17, 15) is 4.79 Å². The van der Waals surface area contributed by atoms with E-state index in [2.05, 4.69) is 19.3 Å². The summed E-state index contributed by atoms with van der Waals surface area (Å²) in [6, 6.07) is 9.30. The van der Waals surface area contributed by atoms with Gasteiger partial charge < -0.3 is 0 Å². The lowest BCUT2D eigenvalue weighted by atomic mass is 10.2. The van der Waals surface area contributed by atoms with Gasteiger partial charge in [-0.1, -0.05) is 32.0 Å². The first kappa shape index (κ1) is 13.1. The Bertz CT molecular complexity index is 325. The molecule has 0 aliphatic rings. The lowest BCUT2D eigenvalue weighted by Crippen LogP contribution is -2.36. The second-order valence-electron chi connectivity index (χ2n) is 3.47. The van der Waals surface area contributed by atoms with Crippen molar-refractivity contribution < 1.29 is 4.79 Å². The summed E-state index contributed by atoms with van der Waals surface area (Å²) in [6.45, 7) is 4.31. The predicted molar refractivity (Wildman–Crippen MR) is 69.7 cm³/mol. The van der Waals surface area contributed by atoms with Crippen molar-refractivity contribution in [1.29, 1.82) is 0 Å². The van der Waals surface area contributed by atoms with E-state index in [1.807, 2.05) is 42.2 Å². The Morgan fingerprint density at radius 1 is 1.25 bits per heavy atom. The molecular weight excluding hydrogens is 219 g/mol. The van der Waals surface area contributed by atoms with Gasteiger partial charge in [0.1, 0.15) is 0 Å². The molecule has 3 nitrogen and oxygen atoms in total. The van der Waals surface area contributed by atoms with E-state index in [-0.39, 0.29) is 14.0 Å². The number of rotatable bonds is 5. The molecule has 1 aromatic rings. The summed E-state index contributed by atoms with van der Waals surface area (Å²) in [5.74, 6) is -0.0301. The molecule has 0 aliphatic carbocycles. The number of hydrazine groups is 1. The van der Waals surface area contributed by atoms with Crippen molar-refractivity contribution in [3.63, 3.8) is 0 Å². The van der Waals surface area contributed by atoms with Gasteiger partial charge in [0, 0.05) is 12.6 Å². The Hall–Kier alpha value is -0.920. The van der Waals surface area contributed by atoms with Crippen molar-refractivity contribution in [2.75, 3.05) is 19.4 Å². The van der Waals surface area contributed by atoms with Crippen molar-refractivity contribution in [3.05, 3.63) is 35.9 Å². The van der Waals surface area contributed by atoms with Crippen molar-refractivity contribution in [2.24, 2.45) is 0 Å². The van der Waals surface area contributed by atoms with E-state index in [4.69, 9.17) is 0 Å². The van der Waals surface area contributed by atoms with Crippen LogP contribution in [0.2, 0.25) is 0 Å². The molecule has 0 atom stereocenters. The molecule has 0 fully saturated rings. The minimum atomic E-state index is -0.239. The van der Waals surface area contributed by atoms with Gasteiger partial charge in [0.25, 0.3) is 5.91 Å². The molecule has 16 heavy (non-hydrogen) atoms. The third-order valence-corrected chi connectivity index (χ3v) is 4.86. The molecule has 0 heterocycles. The highest BCUT2D eigenvalue weighted by molar-refractivity contribution is 7.55. The van der Waals surface area contributed by atoms with Crippen LogP contribution < -0.4 is 5.43 Å². The van der Waals surface area contributed by atoms with Gasteiger partial charge in [-0.05, 0) is 32.5 Å². The number of carbonyl (C=O) groups is 1. The first-order valence-corrected chi connectivity index (χ1v) is 7.20. The van der Waals surface area contributed by atoms with E-state index in [1.165, 1.54) is 0 Å². The molecule has 0 radical (unpaired) electrons. The minimum Gasteiger partial charge on any atom is -0.282 e. The average molecular weight is 238 g/mol. The van der Waals surface area contributed by atoms with Crippen LogP contribution in [0.25, 0.3) is 0 Å². The van der Waals surface area contributed by atoms with Crippen LogP contribution in [0.15, 0.2) is 30.3 Å². The monoisotopic (exact) mass is 238 g/mol. The van der Waals surface area contributed by atoms with Gasteiger partial charge >= 0.3 is 0 Å². The fourth-order valence-electron chi connectivity index (χ4n) is 1.52. The molecule has 0 unspecified atom stereocenters. The Balaban J connectivity index is 2.58. The SMILES string of the molecule is CCP(CC)N(C)NC(=O)c1ccccc1. The molecule has 0 spiro atoms. The number of nitrogens with one attached hydrogen (secondary N) is 1. The average Bonchev–Trinajstić information content (AvgIpc) is 2.31. The van der Waals surface area contributed by atoms with Gasteiger partial charge in [0.05, 0.1) is 0 Å². The van der Waals surface area contributed by atoms with Gasteiger partial charge in [-0.3, -0.25) is 10.2 Å². The zero-order chi connectivity index (χ0) is 12.0. The molecular formula is C12H19N2OP. The van der Waals surface area contributed by atoms with Crippen molar-refractivity contribution >= 4 is 14.0 Å². The van der Waals surface area contributed by atoms with Gasteiger partial charge in [0.2, 0.25) is 0 Å². The van der Waals surface area contributed by atoms with Crippen LogP contribution in [0.5, 0.6) is 0 Å². The third-order valence-electron chi connectivity index (χ3n) is 2.45. The molecule has 4 heteroatoms. The third kappa shape index (κ3) is 3.58. The Kier molecular flexibility index (Phi) is 5.44. The van der Waals surface area contributed by atoms with Crippen molar-refractivity contribution in [2.45, 2.75) is 13.8 Å². The predicted octanol–water partition coefficient (Wildman–Crippen LogP) is 2.70. The first-order chi connectivity index (χ1) is 7.69. The maximum absolute atomic E-state index is 11.8. The molecule has 0 bridgehead atoms. The molecule has 1 aromatic carbocycles. The smallest absolute Gasteiger partial charge is 0.265 e. The van der Waals surface area contributed by atoms with Crippen LogP contribution in [-0.2, 0) is 0 Å². The zero-order valence-corrected chi connectivity index (χ0v) is 11.0. The lowest BCUT2D eigenvalue weighted by Gasteiger charge is -2.26. The van der Waals surface area contributed by atoms with E-state index >= 15 is 0 Å². The highest BCUT2D eigenvalue weighted by Gasteiger charge is 2.13. The Morgan fingerprint density at radius 3 is 2.31 bits per heavy atom. The summed E-state index contributed by atoms with van der Waals surface area (Å²) >= 11 is 0. The van der Waals surface area contributed by atoms with Crippen LogP contribution in [0.4, 0.5) is 0 Å². The summed E-state index contributed by atoms with van der Waals surface area (Å²) in [5, 5.41) is 0. The van der Waals surface area contributed by atoms with E-state index in [0.29, 0.717) is 5.56 Å². The van der Waals surface area contributed by atoms with Crippen molar-refractivity contribution in [3.8, 4) is 0 Å². The van der Waals surface area contributed by atoms with Gasteiger partial charge in [0.15, 0.2) is 0 Å². The zero-order valence-electron chi connectivity index (χ0n) is 10.1. The Labute approximate surface area is 98.6 Å². The van der Waals surface area contributed by atoms with E-state index in [1.54, 1.807) is 0 Å². The van der Waals surface area contributed by atoms with E-state index in [0.717, 1.165) is 12.3 Å². The van der Waals surface area contributed by atoms with E-state index < -0.39 is 0 Å². The topological polar surface area (TPSA) is 32.3 Å². The molecule has 1 amide bonds. The molecule has 88 valence electrons. The molecule has 0 aromatic heterocycles. The van der Waals surface area contributed by atoms with Crippen LogP contribution in [0.3, 0.4) is 0 Å². The summed E-state index contributed by atoms with van der Waals surface area (Å²) in [4.78, 5) is 11.8. The summed E-state index contributed by atoms with van der Waals surface area (Å²) in [5.41, 5.74) is 3.63. The van der Waals surface area contributed by atoms with Crippen LogP contribution in [0, 0.1) is 0 Å². The standard InChI is InChI=1S/C12H19N2OP/c1-4-16(5-2)14(3)13-12(15)11-9-7-6-8-10-11/h6-10H,4-5H2,1-3H3,(H,13,15). The molecule has 1 rings (SSSR count). The summed E-state index contributed by atoms with van der Waals surface area (Å²) < 4.78 is 1.96. The minimum absolute atomic E-state index is 0.0301. The fraction of sp³-hybridized carbons (Fsp3) is 0.417. The summed E-state index contributed by atoms with van der Waals surface area (Å²) in [6.07, 6.45) is 2.19. The summed E-state index contributed by atoms with van der Waals surface area (Å²) in [7, 11) is 1.71. The number of benzene rings is 1. The van der Waals surface area contributed by atoms with Gasteiger partial charge in [-0.25, -0.2) is 4.78 Å². The largest absolute Gasteiger partial charge is 0.282 e. The Morgan fingerprint density at radius 2 is 1.81 bits per heavy atom. The van der Waals surface area contributed by atoms with Crippen LogP contribution >= 0.6 is 8.07 Å². The maximum atomic E-state index is 11.8. The first-order valence-electron chi connectivity index (χ1n) is 5.53.